The van der Waals surface area contributed by atoms with Gasteiger partial charge in [0.2, 0.25) is 0 Å². The third-order valence-corrected chi connectivity index (χ3v) is 7.08. The van der Waals surface area contributed by atoms with Gasteiger partial charge in [-0.05, 0) is 29.7 Å². The molecule has 0 amide bonds. The van der Waals surface area contributed by atoms with Crippen LogP contribution >= 0.6 is 0 Å². The molecule has 6 rings (SSSR count). The maximum absolute atomic E-state index is 13.1. The molecular formula is C26H22O6. The van der Waals surface area contributed by atoms with Crippen LogP contribution in [0.3, 0.4) is 0 Å². The van der Waals surface area contributed by atoms with E-state index < -0.39 is 47.3 Å². The second kappa shape index (κ2) is 7.28. The van der Waals surface area contributed by atoms with Gasteiger partial charge in [0.1, 0.15) is 11.9 Å². The lowest BCUT2D eigenvalue weighted by molar-refractivity contribution is -0.155. The Morgan fingerprint density at radius 2 is 1.69 bits per heavy atom. The first-order chi connectivity index (χ1) is 15.4. The maximum atomic E-state index is 13.1. The molecule has 0 radical (unpaired) electrons. The Morgan fingerprint density at radius 3 is 2.31 bits per heavy atom. The van der Waals surface area contributed by atoms with Crippen molar-refractivity contribution >= 4 is 17.7 Å². The number of aliphatic carboxylic acids is 1. The van der Waals surface area contributed by atoms with Crippen molar-refractivity contribution < 1.29 is 29.3 Å². The molecule has 4 aliphatic carbocycles. The fourth-order valence-corrected chi connectivity index (χ4v) is 5.75. The van der Waals surface area contributed by atoms with E-state index in [1.165, 1.54) is 0 Å². The molecule has 2 aromatic carbocycles. The van der Waals surface area contributed by atoms with Crippen LogP contribution in [-0.4, -0.2) is 39.6 Å². The summed E-state index contributed by atoms with van der Waals surface area (Å²) < 4.78 is 5.76. The smallest absolute Gasteiger partial charge is 0.338 e. The molecule has 2 bridgehead atoms. The lowest BCUT2D eigenvalue weighted by Gasteiger charge is -2.48. The Hall–Kier alpha value is -3.51. The molecule has 162 valence electrons. The van der Waals surface area contributed by atoms with Crippen molar-refractivity contribution in [3.63, 3.8) is 0 Å². The number of esters is 1. The zero-order chi connectivity index (χ0) is 22.5. The fourth-order valence-electron chi connectivity index (χ4n) is 5.75. The van der Waals surface area contributed by atoms with E-state index in [2.05, 4.69) is 0 Å². The molecule has 3 fully saturated rings. The summed E-state index contributed by atoms with van der Waals surface area (Å²) in [7, 11) is 0. The van der Waals surface area contributed by atoms with Crippen LogP contribution in [0.1, 0.15) is 23.2 Å². The zero-order valence-corrected chi connectivity index (χ0v) is 17.2. The van der Waals surface area contributed by atoms with Gasteiger partial charge < -0.3 is 14.9 Å². The molecule has 0 heterocycles. The zero-order valence-electron chi connectivity index (χ0n) is 17.2. The summed E-state index contributed by atoms with van der Waals surface area (Å²) >= 11 is 0. The van der Waals surface area contributed by atoms with Gasteiger partial charge in [-0.1, -0.05) is 66.8 Å². The largest absolute Gasteiger partial charge is 0.481 e. The van der Waals surface area contributed by atoms with E-state index in [0.29, 0.717) is 6.42 Å². The van der Waals surface area contributed by atoms with Gasteiger partial charge in [-0.3, -0.25) is 9.59 Å². The molecule has 0 aliphatic heterocycles. The highest BCUT2D eigenvalue weighted by atomic mass is 16.6. The lowest BCUT2D eigenvalue weighted by Crippen LogP contribution is -2.56. The minimum absolute atomic E-state index is 0.228. The van der Waals surface area contributed by atoms with Crippen LogP contribution in [0.4, 0.5) is 0 Å². The molecule has 6 heteroatoms. The number of benzene rings is 2. The third kappa shape index (κ3) is 2.79. The highest BCUT2D eigenvalue weighted by Gasteiger charge is 2.81. The number of carbonyl (C=O) groups excluding carboxylic acids is 2. The number of aliphatic hydroxyl groups is 1. The Balaban J connectivity index is 1.46. The first kappa shape index (κ1) is 20.4. The van der Waals surface area contributed by atoms with Crippen molar-refractivity contribution in [2.75, 3.05) is 0 Å². The Kier molecular flexibility index (Phi) is 4.64. The Bertz CT molecular complexity index is 1150. The van der Waals surface area contributed by atoms with Gasteiger partial charge in [-0.2, -0.15) is 0 Å². The van der Waals surface area contributed by atoms with Gasteiger partial charge >= 0.3 is 11.9 Å². The molecule has 5 atom stereocenters. The number of Topliss-reactive ketones (excluding diaryl/α,β-unsaturated/α-hetero) is 1. The highest BCUT2D eigenvalue weighted by molar-refractivity contribution is 6.00. The van der Waals surface area contributed by atoms with E-state index in [4.69, 9.17) is 4.74 Å². The summed E-state index contributed by atoms with van der Waals surface area (Å²) in [5.74, 6) is -3.90. The van der Waals surface area contributed by atoms with E-state index in [1.807, 2.05) is 48.6 Å². The van der Waals surface area contributed by atoms with Crippen LogP contribution in [0.5, 0.6) is 0 Å². The van der Waals surface area contributed by atoms with Crippen molar-refractivity contribution in [1.29, 1.82) is 0 Å². The van der Waals surface area contributed by atoms with E-state index in [0.717, 1.165) is 11.1 Å². The van der Waals surface area contributed by atoms with Crippen LogP contribution in [0, 0.1) is 17.3 Å². The van der Waals surface area contributed by atoms with Crippen LogP contribution in [0.25, 0.3) is 11.1 Å². The van der Waals surface area contributed by atoms with Crippen molar-refractivity contribution in [3.8, 4) is 11.1 Å². The molecule has 0 saturated heterocycles. The summed E-state index contributed by atoms with van der Waals surface area (Å²) in [4.78, 5) is 37.6. The molecule has 1 unspecified atom stereocenters. The summed E-state index contributed by atoms with van der Waals surface area (Å²) in [5, 5.41) is 20.6. The summed E-state index contributed by atoms with van der Waals surface area (Å²) in [6.07, 6.45) is 5.86. The summed E-state index contributed by atoms with van der Waals surface area (Å²) in [6.45, 7) is 0. The Labute approximate surface area is 184 Å². The quantitative estimate of drug-likeness (QED) is 0.705. The predicted octanol–water partition coefficient (Wildman–Crippen LogP) is 3.42. The number of rotatable bonds is 5. The number of ketones is 1. The van der Waals surface area contributed by atoms with Gasteiger partial charge in [0.05, 0.1) is 23.8 Å². The van der Waals surface area contributed by atoms with E-state index in [9.17, 15) is 24.6 Å². The van der Waals surface area contributed by atoms with Crippen LogP contribution in [0.15, 0.2) is 78.9 Å². The number of allylic oxidation sites excluding steroid dienone is 4. The Morgan fingerprint density at radius 1 is 1.00 bits per heavy atom. The first-order valence-corrected chi connectivity index (χ1v) is 10.6. The van der Waals surface area contributed by atoms with Crippen molar-refractivity contribution in [2.24, 2.45) is 17.3 Å². The first-order valence-electron chi connectivity index (χ1n) is 10.6. The summed E-state index contributed by atoms with van der Waals surface area (Å²) in [6, 6.07) is 16.4. The van der Waals surface area contributed by atoms with Gasteiger partial charge in [0.15, 0.2) is 5.60 Å². The average Bonchev–Trinajstić information content (AvgIpc) is 3.13. The number of ether oxygens (including phenoxy) is 1. The van der Waals surface area contributed by atoms with Crippen molar-refractivity contribution in [1.82, 2.24) is 0 Å². The number of carboxylic acid groups (broad SMARTS) is 1. The molecule has 2 N–H and O–H groups in total. The second-order valence-corrected chi connectivity index (χ2v) is 8.72. The second-order valence-electron chi connectivity index (χ2n) is 8.72. The molecular weight excluding hydrogens is 408 g/mol. The number of hydrogen-bond donors (Lipinski definition) is 2. The van der Waals surface area contributed by atoms with Crippen molar-refractivity contribution in [3.05, 3.63) is 84.5 Å². The minimum Gasteiger partial charge on any atom is -0.481 e. The number of fused-ring (bicyclic) bond motifs is 1. The molecule has 32 heavy (non-hydrogen) atoms. The lowest BCUT2D eigenvalue weighted by atomic mass is 9.53. The van der Waals surface area contributed by atoms with Gasteiger partial charge in [0.25, 0.3) is 0 Å². The summed E-state index contributed by atoms with van der Waals surface area (Å²) in [5.41, 5.74) is -0.368. The maximum Gasteiger partial charge on any atom is 0.338 e. The van der Waals surface area contributed by atoms with Gasteiger partial charge in [-0.25, -0.2) is 4.79 Å². The van der Waals surface area contributed by atoms with Gasteiger partial charge in [-0.15, -0.1) is 0 Å². The SMILES string of the molecule is O=C(O)C[C@@]1(OC(=O)c2ccc(-c3ccccc3)cc2)[C@@H](O)[C@H]2C(=O)[C@H]1C21C=CC=CC1. The normalized spacial score (nSPS) is 32.0. The predicted molar refractivity (Wildman–Crippen MR) is 116 cm³/mol. The van der Waals surface area contributed by atoms with Crippen molar-refractivity contribution in [2.45, 2.75) is 24.5 Å². The van der Waals surface area contributed by atoms with Crippen LogP contribution in [-0.2, 0) is 14.3 Å². The monoisotopic (exact) mass is 430 g/mol. The molecule has 6 nitrogen and oxygen atoms in total. The third-order valence-electron chi connectivity index (χ3n) is 7.08. The minimum atomic E-state index is -1.79. The molecule has 2 aromatic rings. The van der Waals surface area contributed by atoms with Gasteiger partial charge in [0, 0.05) is 5.41 Å². The molecule has 3 saturated carbocycles. The van der Waals surface area contributed by atoms with Crippen LogP contribution in [0.2, 0.25) is 0 Å². The number of hydrogen-bond acceptors (Lipinski definition) is 5. The van der Waals surface area contributed by atoms with E-state index >= 15 is 0 Å². The van der Waals surface area contributed by atoms with Crippen LogP contribution < -0.4 is 0 Å². The average molecular weight is 430 g/mol. The van der Waals surface area contributed by atoms with E-state index in [-0.39, 0.29) is 11.3 Å². The fraction of sp³-hybridized carbons (Fsp3) is 0.269. The molecule has 0 aromatic heterocycles. The van der Waals surface area contributed by atoms with E-state index in [1.54, 1.807) is 30.3 Å². The number of aliphatic hydroxyl groups excluding tert-OH is 1. The number of carboxylic acids is 1. The number of carbonyl (C=O) groups is 3. The topological polar surface area (TPSA) is 101 Å². The molecule has 1 spiro atoms. The highest BCUT2D eigenvalue weighted by Crippen LogP contribution is 2.69. The standard InChI is InChI=1S/C26H22O6/c27-19(28)15-26(22-21(29)20(23(26)30)25(22)13-5-2-6-14-25)32-24(31)18-11-9-17(10-12-18)16-7-3-1-4-8-16/h1-13,20,22-23,30H,14-15H2,(H,27,28)/t20-,22+,23+,25?,26+/m1/s1. The molecule has 4 aliphatic rings.